The van der Waals surface area contributed by atoms with E-state index < -0.39 is 0 Å². The number of hydrogen-bond acceptors (Lipinski definition) is 1. The van der Waals surface area contributed by atoms with Crippen LogP contribution in [0.4, 0.5) is 0 Å². The molecule has 64 valence electrons. The van der Waals surface area contributed by atoms with Crippen molar-refractivity contribution < 1.29 is 0 Å². The molecule has 0 aliphatic heterocycles. The average molecular weight is 161 g/mol. The van der Waals surface area contributed by atoms with Gasteiger partial charge in [-0.15, -0.1) is 0 Å². The van der Waals surface area contributed by atoms with Crippen LogP contribution in [0.5, 0.6) is 0 Å². The summed E-state index contributed by atoms with van der Waals surface area (Å²) in [5.74, 6) is 0. The second-order valence-corrected chi connectivity index (χ2v) is 3.05. The number of hydrogen-bond donors (Lipinski definition) is 1. The van der Waals surface area contributed by atoms with Crippen molar-refractivity contribution in [2.45, 2.75) is 19.3 Å². The van der Waals surface area contributed by atoms with E-state index in [0.717, 1.165) is 6.54 Å². The van der Waals surface area contributed by atoms with Crippen molar-refractivity contribution in [2.75, 3.05) is 6.54 Å². The molecular formula is C10H16BN. The monoisotopic (exact) mass is 161 g/mol. The van der Waals surface area contributed by atoms with E-state index in [9.17, 15) is 0 Å². The van der Waals surface area contributed by atoms with Gasteiger partial charge in [0, 0.05) is 0 Å². The molecule has 0 bridgehead atoms. The first kappa shape index (κ1) is 9.33. The molecule has 0 aliphatic carbocycles. The van der Waals surface area contributed by atoms with E-state index >= 15 is 0 Å². The third kappa shape index (κ3) is 3.58. The number of aryl methyl sites for hydroxylation is 1. The maximum Gasteiger partial charge on any atom is 0.181 e. The molecule has 0 amide bonds. The van der Waals surface area contributed by atoms with Gasteiger partial charge in [0.15, 0.2) is 7.98 Å². The lowest BCUT2D eigenvalue weighted by Crippen LogP contribution is -2.09. The van der Waals surface area contributed by atoms with Crippen LogP contribution in [0.2, 0.25) is 0 Å². The van der Waals surface area contributed by atoms with Crippen LogP contribution < -0.4 is 5.23 Å². The van der Waals surface area contributed by atoms with Crippen molar-refractivity contribution in [3.05, 3.63) is 35.9 Å². The number of unbranched alkanes of at least 4 members (excludes halogenated alkanes) is 1. The van der Waals surface area contributed by atoms with Crippen LogP contribution in [0.1, 0.15) is 18.4 Å². The summed E-state index contributed by atoms with van der Waals surface area (Å²) in [7, 11) is 2.00. The van der Waals surface area contributed by atoms with Gasteiger partial charge in [-0.2, -0.15) is 0 Å². The first-order chi connectivity index (χ1) is 5.93. The number of nitrogens with one attached hydrogen (secondary N) is 1. The van der Waals surface area contributed by atoms with Crippen LogP contribution in [0.25, 0.3) is 0 Å². The standard InChI is InChI=1S/C10H16BN/c11-12-9-5-4-8-10-6-2-1-3-7-10/h1-3,6-7,12H,4-5,8-9,11H2. The fourth-order valence-electron chi connectivity index (χ4n) is 1.28. The fraction of sp³-hybridized carbons (Fsp3) is 0.400. The fourth-order valence-corrected chi connectivity index (χ4v) is 1.28. The summed E-state index contributed by atoms with van der Waals surface area (Å²) in [6.07, 6.45) is 3.76. The van der Waals surface area contributed by atoms with Gasteiger partial charge in [0.05, 0.1) is 0 Å². The Morgan fingerprint density at radius 2 is 1.83 bits per heavy atom. The second-order valence-electron chi connectivity index (χ2n) is 3.05. The molecule has 0 aliphatic rings. The smallest absolute Gasteiger partial charge is 0.181 e. The molecule has 0 radical (unpaired) electrons. The molecule has 1 aromatic carbocycles. The van der Waals surface area contributed by atoms with Crippen molar-refractivity contribution >= 4 is 7.98 Å². The van der Waals surface area contributed by atoms with E-state index in [-0.39, 0.29) is 0 Å². The van der Waals surface area contributed by atoms with Crippen molar-refractivity contribution in [2.24, 2.45) is 0 Å². The summed E-state index contributed by atoms with van der Waals surface area (Å²) in [6.45, 7) is 1.13. The molecule has 0 spiro atoms. The third-order valence-electron chi connectivity index (χ3n) is 1.99. The van der Waals surface area contributed by atoms with Gasteiger partial charge < -0.3 is 5.23 Å². The molecule has 0 aromatic heterocycles. The van der Waals surface area contributed by atoms with Crippen LogP contribution in [0.15, 0.2) is 30.3 Å². The molecule has 0 saturated carbocycles. The Hall–Kier alpha value is -0.755. The van der Waals surface area contributed by atoms with Crippen molar-refractivity contribution in [3.63, 3.8) is 0 Å². The Morgan fingerprint density at radius 3 is 2.50 bits per heavy atom. The SMILES string of the molecule is BNCCCCc1ccccc1. The third-order valence-corrected chi connectivity index (χ3v) is 1.99. The molecule has 1 rings (SSSR count). The van der Waals surface area contributed by atoms with E-state index in [1.165, 1.54) is 24.8 Å². The summed E-state index contributed by atoms with van der Waals surface area (Å²) < 4.78 is 0. The van der Waals surface area contributed by atoms with Gasteiger partial charge in [-0.1, -0.05) is 30.3 Å². The highest BCUT2D eigenvalue weighted by molar-refractivity contribution is 6.04. The van der Waals surface area contributed by atoms with Gasteiger partial charge in [0.25, 0.3) is 0 Å². The summed E-state index contributed by atoms with van der Waals surface area (Å²) in [4.78, 5) is 0. The van der Waals surface area contributed by atoms with Gasteiger partial charge in [0.1, 0.15) is 0 Å². The first-order valence-corrected chi connectivity index (χ1v) is 4.62. The lowest BCUT2D eigenvalue weighted by molar-refractivity contribution is 0.720. The van der Waals surface area contributed by atoms with Gasteiger partial charge in [-0.3, -0.25) is 0 Å². The minimum Gasteiger partial charge on any atom is -0.362 e. The predicted octanol–water partition coefficient (Wildman–Crippen LogP) is 1.15. The molecule has 2 heteroatoms. The Labute approximate surface area is 75.6 Å². The zero-order chi connectivity index (χ0) is 8.65. The maximum atomic E-state index is 3.15. The molecular weight excluding hydrogens is 145 g/mol. The predicted molar refractivity (Wildman–Crippen MR) is 55.9 cm³/mol. The summed E-state index contributed by atoms with van der Waals surface area (Å²) in [6, 6.07) is 10.7. The molecule has 0 saturated heterocycles. The summed E-state index contributed by atoms with van der Waals surface area (Å²) in [5, 5.41) is 3.15. The molecule has 0 fully saturated rings. The van der Waals surface area contributed by atoms with E-state index in [1.54, 1.807) is 0 Å². The number of rotatable bonds is 5. The molecule has 0 unspecified atom stereocenters. The van der Waals surface area contributed by atoms with E-state index in [4.69, 9.17) is 0 Å². The zero-order valence-corrected chi connectivity index (χ0v) is 7.72. The van der Waals surface area contributed by atoms with Crippen LogP contribution in [-0.4, -0.2) is 14.5 Å². The highest BCUT2D eigenvalue weighted by Gasteiger charge is 1.90. The van der Waals surface area contributed by atoms with E-state index in [0.29, 0.717) is 0 Å². The first-order valence-electron chi connectivity index (χ1n) is 4.62. The molecule has 1 N–H and O–H groups in total. The topological polar surface area (TPSA) is 12.0 Å². The lowest BCUT2D eigenvalue weighted by Gasteiger charge is -2.00. The Balaban J connectivity index is 2.16. The molecule has 1 aromatic rings. The lowest BCUT2D eigenvalue weighted by atomic mass is 10.1. The van der Waals surface area contributed by atoms with E-state index in [1.807, 2.05) is 7.98 Å². The van der Waals surface area contributed by atoms with Crippen LogP contribution in [0, 0.1) is 0 Å². The maximum absolute atomic E-state index is 3.15. The molecule has 12 heavy (non-hydrogen) atoms. The largest absolute Gasteiger partial charge is 0.362 e. The molecule has 0 atom stereocenters. The zero-order valence-electron chi connectivity index (χ0n) is 7.72. The van der Waals surface area contributed by atoms with Crippen LogP contribution >= 0.6 is 0 Å². The van der Waals surface area contributed by atoms with Gasteiger partial charge in [-0.25, -0.2) is 0 Å². The summed E-state index contributed by atoms with van der Waals surface area (Å²) >= 11 is 0. The highest BCUT2D eigenvalue weighted by atomic mass is 14.7. The Morgan fingerprint density at radius 1 is 1.08 bits per heavy atom. The van der Waals surface area contributed by atoms with Crippen molar-refractivity contribution in [1.82, 2.24) is 5.23 Å². The van der Waals surface area contributed by atoms with Crippen molar-refractivity contribution in [3.8, 4) is 0 Å². The normalized spacial score (nSPS) is 10.0. The summed E-state index contributed by atoms with van der Waals surface area (Å²) in [5.41, 5.74) is 1.45. The van der Waals surface area contributed by atoms with Gasteiger partial charge in [-0.05, 0) is 31.4 Å². The molecule has 1 nitrogen and oxygen atoms in total. The second kappa shape index (κ2) is 5.84. The van der Waals surface area contributed by atoms with Crippen molar-refractivity contribution in [1.29, 1.82) is 0 Å². The number of benzene rings is 1. The highest BCUT2D eigenvalue weighted by Crippen LogP contribution is 2.03. The Kier molecular flexibility index (Phi) is 4.54. The minimum absolute atomic E-state index is 1.13. The van der Waals surface area contributed by atoms with Gasteiger partial charge >= 0.3 is 0 Å². The van der Waals surface area contributed by atoms with Crippen LogP contribution in [-0.2, 0) is 6.42 Å². The van der Waals surface area contributed by atoms with E-state index in [2.05, 4.69) is 35.6 Å². The van der Waals surface area contributed by atoms with Crippen LogP contribution in [0.3, 0.4) is 0 Å². The molecule has 0 heterocycles. The van der Waals surface area contributed by atoms with Gasteiger partial charge in [0.2, 0.25) is 0 Å². The minimum atomic E-state index is 1.13. The quantitative estimate of drug-likeness (QED) is 0.504. The average Bonchev–Trinajstić information content (AvgIpc) is 2.14. The Bertz CT molecular complexity index is 198.